The number of hydrogen-bond acceptors (Lipinski definition) is 3. The van der Waals surface area contributed by atoms with Crippen LogP contribution in [-0.4, -0.2) is 16.2 Å². The van der Waals surface area contributed by atoms with Crippen LogP contribution in [0.3, 0.4) is 0 Å². The van der Waals surface area contributed by atoms with Gasteiger partial charge in [0.2, 0.25) is 0 Å². The molecule has 1 N–H and O–H groups in total. The maximum atomic E-state index is 12.6. The Morgan fingerprint density at radius 1 is 1.32 bits per heavy atom. The molecular weight excluding hydrogens is 263 g/mol. The van der Waals surface area contributed by atoms with Crippen molar-refractivity contribution in [3.8, 4) is 11.3 Å². The summed E-state index contributed by atoms with van der Waals surface area (Å²) in [7, 11) is 0. The zero-order chi connectivity index (χ0) is 14.2. The molecule has 1 aromatic heterocycles. The molecule has 0 saturated carbocycles. The van der Waals surface area contributed by atoms with Crippen molar-refractivity contribution in [2.75, 3.05) is 0 Å². The number of benzene rings is 1. The second kappa shape index (κ2) is 4.42. The van der Waals surface area contributed by atoms with Gasteiger partial charge in [0.1, 0.15) is 11.3 Å². The summed E-state index contributed by atoms with van der Waals surface area (Å²) in [4.78, 5) is 11.0. The molecule has 100 valence electrons. The topological polar surface area (TPSA) is 63.3 Å². The average Bonchev–Trinajstić information content (AvgIpc) is 2.73. The molecular formula is C12H8F3NO3. The van der Waals surface area contributed by atoms with Gasteiger partial charge in [-0.05, 0) is 12.5 Å². The highest BCUT2D eigenvalue weighted by Gasteiger charge is 2.43. The molecule has 0 unspecified atom stereocenters. The summed E-state index contributed by atoms with van der Waals surface area (Å²) in [6, 6.07) is 6.39. The minimum absolute atomic E-state index is 0.291. The molecule has 7 heteroatoms. The number of nitrogens with zero attached hydrogens (tertiary/aromatic N) is 1. The first-order valence-electron chi connectivity index (χ1n) is 5.18. The molecule has 0 aliphatic heterocycles. The van der Waals surface area contributed by atoms with Gasteiger partial charge in [-0.15, -0.1) is 0 Å². The molecule has 0 aliphatic carbocycles. The Morgan fingerprint density at radius 3 is 2.47 bits per heavy atom. The molecule has 0 aliphatic rings. The third-order valence-electron chi connectivity index (χ3n) is 2.56. The summed E-state index contributed by atoms with van der Waals surface area (Å²) in [5, 5.41) is 12.2. The Kier molecular flexibility index (Phi) is 3.05. The van der Waals surface area contributed by atoms with Gasteiger partial charge in [-0.25, -0.2) is 4.79 Å². The van der Waals surface area contributed by atoms with E-state index in [2.05, 4.69) is 9.68 Å². The number of alkyl halides is 3. The highest BCUT2D eigenvalue weighted by molar-refractivity contribution is 5.96. The van der Waals surface area contributed by atoms with E-state index in [9.17, 15) is 18.0 Å². The largest absolute Gasteiger partial charge is 0.477 e. The van der Waals surface area contributed by atoms with E-state index in [-0.39, 0.29) is 5.69 Å². The van der Waals surface area contributed by atoms with Gasteiger partial charge >= 0.3 is 12.1 Å². The Hall–Kier alpha value is -2.31. The van der Waals surface area contributed by atoms with Gasteiger partial charge in [0.25, 0.3) is 5.76 Å². The van der Waals surface area contributed by atoms with E-state index in [0.29, 0.717) is 11.1 Å². The highest BCUT2D eigenvalue weighted by atomic mass is 19.4. The Labute approximate surface area is 105 Å². The highest BCUT2D eigenvalue weighted by Crippen LogP contribution is 2.37. The summed E-state index contributed by atoms with van der Waals surface area (Å²) in [6.07, 6.45) is -4.90. The van der Waals surface area contributed by atoms with E-state index >= 15 is 0 Å². The number of aryl methyl sites for hydroxylation is 1. The fourth-order valence-electron chi connectivity index (χ4n) is 1.70. The summed E-state index contributed by atoms with van der Waals surface area (Å²) in [5.41, 5.74) is -0.397. The standard InChI is InChI=1S/C12H8F3NO3/c1-6-4-2-3-5-7(6)9-8(11(17)18)10(19-16-9)12(13,14)15/h2-5H,1H3,(H,17,18). The molecule has 4 nitrogen and oxygen atoms in total. The second-order valence-electron chi connectivity index (χ2n) is 3.85. The zero-order valence-corrected chi connectivity index (χ0v) is 9.65. The van der Waals surface area contributed by atoms with Gasteiger partial charge in [0, 0.05) is 5.56 Å². The monoisotopic (exact) mass is 271 g/mol. The van der Waals surface area contributed by atoms with Crippen LogP contribution in [0, 0.1) is 6.92 Å². The van der Waals surface area contributed by atoms with Gasteiger partial charge in [0.15, 0.2) is 0 Å². The first-order valence-corrected chi connectivity index (χ1v) is 5.18. The van der Waals surface area contributed by atoms with Crippen LogP contribution in [0.15, 0.2) is 28.8 Å². The fourth-order valence-corrected chi connectivity index (χ4v) is 1.70. The van der Waals surface area contributed by atoms with Gasteiger partial charge in [-0.2, -0.15) is 13.2 Å². The van der Waals surface area contributed by atoms with Crippen LogP contribution in [0.1, 0.15) is 21.7 Å². The van der Waals surface area contributed by atoms with Gasteiger partial charge < -0.3 is 9.63 Å². The molecule has 0 radical (unpaired) electrons. The Balaban J connectivity index is 2.70. The normalized spacial score (nSPS) is 11.6. The lowest BCUT2D eigenvalue weighted by Gasteiger charge is -2.04. The Bertz CT molecular complexity index is 631. The summed E-state index contributed by atoms with van der Waals surface area (Å²) < 4.78 is 42.1. The molecule has 19 heavy (non-hydrogen) atoms. The maximum absolute atomic E-state index is 12.6. The lowest BCUT2D eigenvalue weighted by atomic mass is 10.0. The molecule has 0 spiro atoms. The molecule has 0 amide bonds. The van der Waals surface area contributed by atoms with Crippen molar-refractivity contribution in [3.63, 3.8) is 0 Å². The maximum Gasteiger partial charge on any atom is 0.453 e. The van der Waals surface area contributed by atoms with E-state index in [1.165, 1.54) is 6.07 Å². The molecule has 0 saturated heterocycles. The number of carboxylic acid groups (broad SMARTS) is 1. The van der Waals surface area contributed by atoms with Crippen molar-refractivity contribution < 1.29 is 27.6 Å². The lowest BCUT2D eigenvalue weighted by Crippen LogP contribution is -2.11. The molecule has 0 bridgehead atoms. The quantitative estimate of drug-likeness (QED) is 0.909. The number of halogens is 3. The number of carboxylic acids is 1. The van der Waals surface area contributed by atoms with E-state index < -0.39 is 23.5 Å². The van der Waals surface area contributed by atoms with Crippen molar-refractivity contribution in [1.29, 1.82) is 0 Å². The van der Waals surface area contributed by atoms with Crippen molar-refractivity contribution >= 4 is 5.97 Å². The molecule has 1 heterocycles. The fraction of sp³-hybridized carbons (Fsp3) is 0.167. The van der Waals surface area contributed by atoms with Gasteiger partial charge in [-0.3, -0.25) is 0 Å². The first-order chi connectivity index (χ1) is 8.82. The SMILES string of the molecule is Cc1ccccc1-c1noc(C(F)(F)F)c1C(=O)O. The van der Waals surface area contributed by atoms with Crippen LogP contribution < -0.4 is 0 Å². The van der Waals surface area contributed by atoms with Crippen LogP contribution >= 0.6 is 0 Å². The Morgan fingerprint density at radius 2 is 1.95 bits per heavy atom. The molecule has 0 fully saturated rings. The predicted molar refractivity (Wildman–Crippen MR) is 58.6 cm³/mol. The van der Waals surface area contributed by atoms with E-state index in [1.807, 2.05) is 0 Å². The third kappa shape index (κ3) is 2.31. The zero-order valence-electron chi connectivity index (χ0n) is 9.65. The van der Waals surface area contributed by atoms with Crippen LogP contribution in [0.25, 0.3) is 11.3 Å². The predicted octanol–water partition coefficient (Wildman–Crippen LogP) is 3.37. The summed E-state index contributed by atoms with van der Waals surface area (Å²) >= 11 is 0. The number of aromatic nitrogens is 1. The van der Waals surface area contributed by atoms with Crippen molar-refractivity contribution in [1.82, 2.24) is 5.16 Å². The number of aromatic carboxylic acids is 1. The van der Waals surface area contributed by atoms with Crippen LogP contribution in [0.4, 0.5) is 13.2 Å². The first kappa shape index (κ1) is 13.1. The van der Waals surface area contributed by atoms with E-state index in [4.69, 9.17) is 5.11 Å². The average molecular weight is 271 g/mol. The van der Waals surface area contributed by atoms with Gasteiger partial charge in [0.05, 0.1) is 0 Å². The second-order valence-corrected chi connectivity index (χ2v) is 3.85. The van der Waals surface area contributed by atoms with Crippen LogP contribution in [0.2, 0.25) is 0 Å². The van der Waals surface area contributed by atoms with Crippen molar-refractivity contribution in [3.05, 3.63) is 41.2 Å². The molecule has 2 aromatic rings. The van der Waals surface area contributed by atoms with Crippen LogP contribution in [-0.2, 0) is 6.18 Å². The smallest absolute Gasteiger partial charge is 0.453 e. The van der Waals surface area contributed by atoms with Gasteiger partial charge in [-0.1, -0.05) is 29.4 Å². The van der Waals surface area contributed by atoms with E-state index in [1.54, 1.807) is 25.1 Å². The van der Waals surface area contributed by atoms with E-state index in [0.717, 1.165) is 0 Å². The summed E-state index contributed by atoms with van der Waals surface area (Å²) in [5.74, 6) is -3.33. The lowest BCUT2D eigenvalue weighted by molar-refractivity contribution is -0.156. The van der Waals surface area contributed by atoms with Crippen molar-refractivity contribution in [2.24, 2.45) is 0 Å². The minimum Gasteiger partial charge on any atom is -0.477 e. The molecule has 2 rings (SSSR count). The molecule has 1 aromatic carbocycles. The minimum atomic E-state index is -4.90. The third-order valence-corrected chi connectivity index (χ3v) is 2.56. The summed E-state index contributed by atoms with van der Waals surface area (Å²) in [6.45, 7) is 1.64. The number of hydrogen-bond donors (Lipinski definition) is 1. The number of carbonyl (C=O) groups is 1. The van der Waals surface area contributed by atoms with Crippen LogP contribution in [0.5, 0.6) is 0 Å². The number of rotatable bonds is 2. The molecule has 0 atom stereocenters. The van der Waals surface area contributed by atoms with Crippen molar-refractivity contribution in [2.45, 2.75) is 13.1 Å².